The summed E-state index contributed by atoms with van der Waals surface area (Å²) in [6, 6.07) is 22.6. The number of fused-ring (bicyclic) bond motifs is 2. The van der Waals surface area contributed by atoms with Crippen molar-refractivity contribution in [3.8, 4) is 22.3 Å². The molecule has 6 rings (SSSR count). The molecule has 0 nitrogen and oxygen atoms in total. The predicted molar refractivity (Wildman–Crippen MR) is 164 cm³/mol. The normalized spacial score (nSPS) is 18.3. The zero-order valence-electron chi connectivity index (χ0n) is 24.2. The molecule has 2 unspecified atom stereocenters. The molecule has 2 atom stereocenters. The molecule has 0 bridgehead atoms. The van der Waals surface area contributed by atoms with Gasteiger partial charge in [0.15, 0.2) is 0 Å². The highest BCUT2D eigenvalue weighted by Gasteiger charge is 2.47. The Morgan fingerprint density at radius 1 is 0.488 bits per heavy atom. The molecule has 0 aliphatic heterocycles. The van der Waals surface area contributed by atoms with Crippen LogP contribution < -0.4 is 0 Å². The second-order valence-corrected chi connectivity index (χ2v) is 17.0. The summed E-state index contributed by atoms with van der Waals surface area (Å²) in [5, 5.41) is 0. The van der Waals surface area contributed by atoms with Gasteiger partial charge in [0, 0.05) is 11.1 Å². The van der Waals surface area contributed by atoms with E-state index in [1.807, 2.05) is 50.3 Å². The van der Waals surface area contributed by atoms with Crippen molar-refractivity contribution in [1.29, 1.82) is 0 Å². The minimum atomic E-state index is -4.48. The molecule has 4 aromatic carbocycles. The fourth-order valence-corrected chi connectivity index (χ4v) is 12.6. The first-order chi connectivity index (χ1) is 20.2. The Morgan fingerprint density at radius 3 is 1.21 bits per heavy atom. The van der Waals surface area contributed by atoms with Crippen molar-refractivity contribution in [3.05, 3.63) is 129 Å². The number of halogens is 6. The van der Waals surface area contributed by atoms with E-state index in [0.29, 0.717) is 11.1 Å². The molecule has 0 fully saturated rings. The average molecular weight is 605 g/mol. The molecular formula is C36H30F6Si. The molecule has 0 aromatic heterocycles. The van der Waals surface area contributed by atoms with Crippen LogP contribution in [0.5, 0.6) is 0 Å². The number of hydrogen-bond acceptors (Lipinski definition) is 0. The molecule has 43 heavy (non-hydrogen) atoms. The maximum Gasteiger partial charge on any atom is 0.417 e. The smallest absolute Gasteiger partial charge is 0.166 e. The van der Waals surface area contributed by atoms with Crippen molar-refractivity contribution in [3.63, 3.8) is 0 Å². The zero-order chi connectivity index (χ0) is 30.9. The molecule has 4 aromatic rings. The maximum atomic E-state index is 14.0. The molecule has 0 heterocycles. The van der Waals surface area contributed by atoms with E-state index in [4.69, 9.17) is 0 Å². The van der Waals surface area contributed by atoms with Gasteiger partial charge >= 0.3 is 12.4 Å². The lowest BCUT2D eigenvalue weighted by Gasteiger charge is -2.39. The third kappa shape index (κ3) is 4.78. The first-order valence-corrected chi connectivity index (χ1v) is 17.3. The van der Waals surface area contributed by atoms with Crippen molar-refractivity contribution in [2.45, 2.75) is 50.4 Å². The van der Waals surface area contributed by atoms with Crippen LogP contribution in [0.3, 0.4) is 0 Å². The first-order valence-electron chi connectivity index (χ1n) is 14.2. The summed E-state index contributed by atoms with van der Waals surface area (Å²) in [4.78, 5) is 0. The number of allylic oxidation sites excluding steroid dienone is 2. The molecule has 0 N–H and O–H groups in total. The van der Waals surface area contributed by atoms with Crippen LogP contribution in [0.25, 0.3) is 34.4 Å². The summed E-state index contributed by atoms with van der Waals surface area (Å²) in [5.74, 6) is 0. The van der Waals surface area contributed by atoms with Crippen LogP contribution in [-0.2, 0) is 12.4 Å². The fourth-order valence-electron chi connectivity index (χ4n) is 7.65. The third-order valence-corrected chi connectivity index (χ3v) is 13.6. The molecule has 2 aliphatic carbocycles. The molecule has 220 valence electrons. The summed E-state index contributed by atoms with van der Waals surface area (Å²) in [6.07, 6.45) is -4.91. The van der Waals surface area contributed by atoms with Gasteiger partial charge < -0.3 is 0 Å². The Morgan fingerprint density at radius 2 is 0.837 bits per heavy atom. The Hall–Kier alpha value is -3.84. The summed E-state index contributed by atoms with van der Waals surface area (Å²) in [5.41, 5.74) is 6.01. The van der Waals surface area contributed by atoms with Crippen molar-refractivity contribution in [2.75, 3.05) is 0 Å². The standard InChI is InChI=1S/C36H30F6Si/c1-21-19-29-23(25-11-5-7-17-31(25)35(37,38)39)13-9-15-27(29)33(21)43(3,4)34-22(2)20-30-24(14-10-16-28(30)34)26-12-6-8-18-32(26)36(40,41)42/h5-20,33-34H,1-4H3. The second-order valence-electron chi connectivity index (χ2n) is 12.2. The van der Waals surface area contributed by atoms with Gasteiger partial charge in [-0.2, -0.15) is 26.3 Å². The second kappa shape index (κ2) is 10.1. The molecule has 0 saturated heterocycles. The van der Waals surface area contributed by atoms with E-state index < -0.39 is 31.6 Å². The van der Waals surface area contributed by atoms with Gasteiger partial charge in [-0.25, -0.2) is 0 Å². The van der Waals surface area contributed by atoms with Crippen LogP contribution >= 0.6 is 0 Å². The molecular weight excluding hydrogens is 574 g/mol. The van der Waals surface area contributed by atoms with E-state index >= 15 is 0 Å². The van der Waals surface area contributed by atoms with Crippen LogP contribution in [0.4, 0.5) is 26.3 Å². The molecule has 2 aliphatic rings. The highest BCUT2D eigenvalue weighted by Crippen LogP contribution is 2.55. The zero-order valence-corrected chi connectivity index (χ0v) is 25.2. The molecule has 0 radical (unpaired) electrons. The Labute approximate surface area is 248 Å². The number of hydrogen-bond donors (Lipinski definition) is 0. The highest BCUT2D eigenvalue weighted by atomic mass is 28.3. The van der Waals surface area contributed by atoms with Gasteiger partial charge in [-0.1, -0.05) is 109 Å². The van der Waals surface area contributed by atoms with Gasteiger partial charge in [0.2, 0.25) is 0 Å². The summed E-state index contributed by atoms with van der Waals surface area (Å²) in [7, 11) is -2.40. The van der Waals surface area contributed by atoms with Crippen LogP contribution in [-0.4, -0.2) is 8.07 Å². The largest absolute Gasteiger partial charge is 0.417 e. The Balaban J connectivity index is 1.46. The average Bonchev–Trinajstić information content (AvgIpc) is 3.48. The summed E-state index contributed by atoms with van der Waals surface area (Å²) < 4.78 is 83.9. The molecule has 0 spiro atoms. The fraction of sp³-hybridized carbons (Fsp3) is 0.222. The number of rotatable bonds is 4. The predicted octanol–water partition coefficient (Wildman–Crippen LogP) is 11.5. The monoisotopic (exact) mass is 604 g/mol. The Kier molecular flexibility index (Phi) is 6.88. The van der Waals surface area contributed by atoms with E-state index in [0.717, 1.165) is 45.5 Å². The van der Waals surface area contributed by atoms with Gasteiger partial charge in [0.05, 0.1) is 19.2 Å². The van der Waals surface area contributed by atoms with Crippen molar-refractivity contribution < 1.29 is 26.3 Å². The lowest BCUT2D eigenvalue weighted by Crippen LogP contribution is -2.42. The van der Waals surface area contributed by atoms with Crippen molar-refractivity contribution in [2.24, 2.45) is 0 Å². The van der Waals surface area contributed by atoms with Crippen LogP contribution in [0.2, 0.25) is 13.1 Å². The lowest BCUT2D eigenvalue weighted by molar-refractivity contribution is -0.137. The third-order valence-electron chi connectivity index (χ3n) is 9.09. The van der Waals surface area contributed by atoms with Gasteiger partial charge in [-0.3, -0.25) is 0 Å². The quantitative estimate of drug-likeness (QED) is 0.161. The summed E-state index contributed by atoms with van der Waals surface area (Å²) >= 11 is 0. The first kappa shape index (κ1) is 29.2. The molecule has 7 heteroatoms. The van der Waals surface area contributed by atoms with Crippen molar-refractivity contribution >= 4 is 20.2 Å². The van der Waals surface area contributed by atoms with Crippen LogP contribution in [0, 0.1) is 0 Å². The number of benzene rings is 4. The minimum absolute atomic E-state index is 0.0194. The molecule has 0 saturated carbocycles. The van der Waals surface area contributed by atoms with Crippen LogP contribution in [0.15, 0.2) is 96.1 Å². The van der Waals surface area contributed by atoms with E-state index in [1.54, 1.807) is 24.3 Å². The highest BCUT2D eigenvalue weighted by molar-refractivity contribution is 6.81. The van der Waals surface area contributed by atoms with Crippen LogP contribution in [0.1, 0.15) is 58.3 Å². The van der Waals surface area contributed by atoms with E-state index in [-0.39, 0.29) is 22.2 Å². The lowest BCUT2D eigenvalue weighted by atomic mass is 9.93. The van der Waals surface area contributed by atoms with Gasteiger partial charge in [0.25, 0.3) is 0 Å². The molecule has 0 amide bonds. The van der Waals surface area contributed by atoms with E-state index in [1.165, 1.54) is 24.3 Å². The summed E-state index contributed by atoms with van der Waals surface area (Å²) in [6.45, 7) is 8.66. The van der Waals surface area contributed by atoms with E-state index in [2.05, 4.69) is 13.1 Å². The van der Waals surface area contributed by atoms with Gasteiger partial charge in [-0.05, 0) is 70.5 Å². The topological polar surface area (TPSA) is 0 Å². The SMILES string of the molecule is CC1=Cc2c(-c3ccccc3C(F)(F)F)cccc2C1[Si](C)(C)C1C(C)=Cc2c(-c3ccccc3C(F)(F)F)cccc21. The van der Waals surface area contributed by atoms with Gasteiger partial charge in [0.1, 0.15) is 0 Å². The van der Waals surface area contributed by atoms with Crippen molar-refractivity contribution in [1.82, 2.24) is 0 Å². The number of alkyl halides is 6. The maximum absolute atomic E-state index is 14.0. The Bertz CT molecular complexity index is 1670. The minimum Gasteiger partial charge on any atom is -0.166 e. The van der Waals surface area contributed by atoms with E-state index in [9.17, 15) is 26.3 Å². The van der Waals surface area contributed by atoms with Gasteiger partial charge in [-0.15, -0.1) is 0 Å².